The number of sulfonamides is 1. The Bertz CT molecular complexity index is 882. The third-order valence-corrected chi connectivity index (χ3v) is 6.88. The van der Waals surface area contributed by atoms with E-state index in [1.165, 1.54) is 0 Å². The summed E-state index contributed by atoms with van der Waals surface area (Å²) in [6.45, 7) is 6.76. The highest BCUT2D eigenvalue weighted by Crippen LogP contribution is 2.32. The van der Waals surface area contributed by atoms with Crippen LogP contribution < -0.4 is 15.4 Å². The van der Waals surface area contributed by atoms with Crippen molar-refractivity contribution >= 4 is 33.3 Å². The predicted octanol–water partition coefficient (Wildman–Crippen LogP) is 2.53. The van der Waals surface area contributed by atoms with Gasteiger partial charge in [0.2, 0.25) is 15.9 Å². The minimum absolute atomic E-state index is 0.00188. The molecule has 1 aliphatic carbocycles. The molecule has 1 aromatic carbocycles. The fraction of sp³-hybridized carbons (Fsp3) is 0.600. The molecule has 2 unspecified atom stereocenters. The molecule has 160 valence electrons. The van der Waals surface area contributed by atoms with Gasteiger partial charge in [-0.05, 0) is 62.8 Å². The quantitative estimate of drug-likeness (QED) is 0.655. The van der Waals surface area contributed by atoms with E-state index in [4.69, 9.17) is 0 Å². The summed E-state index contributed by atoms with van der Waals surface area (Å²) in [6, 6.07) is 4.75. The first-order valence-corrected chi connectivity index (χ1v) is 11.8. The molecule has 0 spiro atoms. The summed E-state index contributed by atoms with van der Waals surface area (Å²) >= 11 is 0. The van der Waals surface area contributed by atoms with E-state index in [1.54, 1.807) is 32.0 Å². The first-order valence-electron chi connectivity index (χ1n) is 10.2. The number of urea groups is 1. The molecule has 9 heteroatoms. The van der Waals surface area contributed by atoms with Crippen LogP contribution in [0.25, 0.3) is 0 Å². The molecular weight excluding hydrogens is 392 g/mol. The molecule has 2 fully saturated rings. The van der Waals surface area contributed by atoms with Crippen LogP contribution >= 0.6 is 0 Å². The van der Waals surface area contributed by atoms with E-state index in [-0.39, 0.29) is 35.6 Å². The van der Waals surface area contributed by atoms with Gasteiger partial charge in [0.05, 0.1) is 11.4 Å². The van der Waals surface area contributed by atoms with Gasteiger partial charge in [0, 0.05) is 30.7 Å². The Balaban J connectivity index is 1.53. The van der Waals surface area contributed by atoms with Crippen LogP contribution in [0.4, 0.5) is 16.2 Å². The SMILES string of the molecule is CCS(=O)(=O)Nc1ccc(NC(=O)NC2CCN(C(=O)C3CC3)CC2C)cc1C. The van der Waals surface area contributed by atoms with E-state index in [1.807, 2.05) is 4.90 Å². The van der Waals surface area contributed by atoms with Crippen molar-refractivity contribution in [2.45, 2.75) is 46.1 Å². The van der Waals surface area contributed by atoms with Gasteiger partial charge in [-0.3, -0.25) is 9.52 Å². The normalized spacial score (nSPS) is 22.1. The zero-order chi connectivity index (χ0) is 21.2. The molecule has 1 aromatic rings. The maximum Gasteiger partial charge on any atom is 0.319 e. The molecule has 1 saturated carbocycles. The van der Waals surface area contributed by atoms with Gasteiger partial charge in [-0.15, -0.1) is 0 Å². The van der Waals surface area contributed by atoms with Gasteiger partial charge in [-0.2, -0.15) is 0 Å². The lowest BCUT2D eigenvalue weighted by Gasteiger charge is -2.37. The smallest absolute Gasteiger partial charge is 0.319 e. The predicted molar refractivity (Wildman–Crippen MR) is 113 cm³/mol. The molecule has 0 radical (unpaired) electrons. The van der Waals surface area contributed by atoms with Crippen molar-refractivity contribution in [3.63, 3.8) is 0 Å². The number of likely N-dealkylation sites (tertiary alicyclic amines) is 1. The molecule has 2 aliphatic rings. The molecule has 1 aliphatic heterocycles. The second kappa shape index (κ2) is 8.61. The van der Waals surface area contributed by atoms with E-state index >= 15 is 0 Å². The number of piperidine rings is 1. The number of carbonyl (C=O) groups excluding carboxylic acids is 2. The summed E-state index contributed by atoms with van der Waals surface area (Å²) in [5.74, 6) is 0.666. The van der Waals surface area contributed by atoms with Gasteiger partial charge >= 0.3 is 6.03 Å². The number of amides is 3. The molecule has 1 heterocycles. The number of hydrogen-bond acceptors (Lipinski definition) is 4. The van der Waals surface area contributed by atoms with Crippen molar-refractivity contribution in [3.05, 3.63) is 23.8 Å². The third-order valence-electron chi connectivity index (χ3n) is 5.59. The number of nitrogens with one attached hydrogen (secondary N) is 3. The third kappa shape index (κ3) is 5.62. The Labute approximate surface area is 172 Å². The molecule has 1 saturated heterocycles. The van der Waals surface area contributed by atoms with Gasteiger partial charge in [0.15, 0.2) is 0 Å². The van der Waals surface area contributed by atoms with Gasteiger partial charge in [0.1, 0.15) is 0 Å². The Hall–Kier alpha value is -2.29. The Morgan fingerprint density at radius 2 is 1.93 bits per heavy atom. The second-order valence-electron chi connectivity index (χ2n) is 8.06. The molecule has 0 bridgehead atoms. The van der Waals surface area contributed by atoms with E-state index in [0.29, 0.717) is 24.5 Å². The van der Waals surface area contributed by atoms with Crippen molar-refractivity contribution in [3.8, 4) is 0 Å². The van der Waals surface area contributed by atoms with Gasteiger partial charge in [-0.25, -0.2) is 13.2 Å². The van der Waals surface area contributed by atoms with Gasteiger partial charge < -0.3 is 15.5 Å². The highest BCUT2D eigenvalue weighted by atomic mass is 32.2. The average molecular weight is 423 g/mol. The second-order valence-corrected chi connectivity index (χ2v) is 10.1. The number of hydrogen-bond donors (Lipinski definition) is 3. The van der Waals surface area contributed by atoms with Crippen molar-refractivity contribution in [2.24, 2.45) is 11.8 Å². The van der Waals surface area contributed by atoms with E-state index in [2.05, 4.69) is 22.3 Å². The maximum absolute atomic E-state index is 12.4. The number of carbonyl (C=O) groups is 2. The van der Waals surface area contributed by atoms with Crippen molar-refractivity contribution < 1.29 is 18.0 Å². The highest BCUT2D eigenvalue weighted by molar-refractivity contribution is 7.92. The first-order chi connectivity index (χ1) is 13.7. The van der Waals surface area contributed by atoms with E-state index in [0.717, 1.165) is 24.8 Å². The zero-order valence-corrected chi connectivity index (χ0v) is 18.0. The summed E-state index contributed by atoms with van der Waals surface area (Å²) in [7, 11) is -3.35. The summed E-state index contributed by atoms with van der Waals surface area (Å²) in [5.41, 5.74) is 1.81. The minimum atomic E-state index is -3.35. The molecular formula is C20H30N4O4S. The van der Waals surface area contributed by atoms with E-state index < -0.39 is 10.0 Å². The number of rotatable bonds is 6. The molecule has 29 heavy (non-hydrogen) atoms. The molecule has 3 N–H and O–H groups in total. The van der Waals surface area contributed by atoms with Crippen LogP contribution in [0, 0.1) is 18.8 Å². The van der Waals surface area contributed by atoms with Crippen LogP contribution in [-0.2, 0) is 14.8 Å². The fourth-order valence-electron chi connectivity index (χ4n) is 3.58. The van der Waals surface area contributed by atoms with Crippen LogP contribution in [0.5, 0.6) is 0 Å². The zero-order valence-electron chi connectivity index (χ0n) is 17.2. The lowest BCUT2D eigenvalue weighted by molar-refractivity contribution is -0.134. The summed E-state index contributed by atoms with van der Waals surface area (Å²) in [4.78, 5) is 26.6. The Morgan fingerprint density at radius 3 is 2.52 bits per heavy atom. The maximum atomic E-state index is 12.4. The molecule has 0 aromatic heterocycles. The Kier molecular flexibility index (Phi) is 6.36. The van der Waals surface area contributed by atoms with Gasteiger partial charge in [0.25, 0.3) is 0 Å². The number of anilines is 2. The van der Waals surface area contributed by atoms with Gasteiger partial charge in [-0.1, -0.05) is 6.92 Å². The standard InChI is InChI=1S/C20H30N4O4S/c1-4-29(27,28)23-18-8-7-16(11-13(18)2)21-20(26)22-17-9-10-24(12-14(17)3)19(25)15-5-6-15/h7-8,11,14-15,17,23H,4-6,9-10,12H2,1-3H3,(H2,21,22,26). The molecule has 2 atom stereocenters. The summed E-state index contributed by atoms with van der Waals surface area (Å²) in [5, 5.41) is 5.81. The summed E-state index contributed by atoms with van der Waals surface area (Å²) in [6.07, 6.45) is 2.75. The highest BCUT2D eigenvalue weighted by Gasteiger charge is 2.37. The number of nitrogens with zero attached hydrogens (tertiary/aromatic N) is 1. The lowest BCUT2D eigenvalue weighted by Crippen LogP contribution is -2.52. The molecule has 8 nitrogen and oxygen atoms in total. The van der Waals surface area contributed by atoms with Crippen LogP contribution in [-0.4, -0.2) is 50.1 Å². The van der Waals surface area contributed by atoms with Crippen molar-refractivity contribution in [2.75, 3.05) is 28.9 Å². The minimum Gasteiger partial charge on any atom is -0.342 e. The van der Waals surface area contributed by atoms with Crippen LogP contribution in [0.2, 0.25) is 0 Å². The Morgan fingerprint density at radius 1 is 1.21 bits per heavy atom. The molecule has 3 amide bonds. The van der Waals surface area contributed by atoms with Crippen LogP contribution in [0.15, 0.2) is 18.2 Å². The topological polar surface area (TPSA) is 108 Å². The van der Waals surface area contributed by atoms with Crippen LogP contribution in [0.1, 0.15) is 38.7 Å². The van der Waals surface area contributed by atoms with E-state index in [9.17, 15) is 18.0 Å². The monoisotopic (exact) mass is 422 g/mol. The van der Waals surface area contributed by atoms with Crippen molar-refractivity contribution in [1.29, 1.82) is 0 Å². The largest absolute Gasteiger partial charge is 0.342 e. The average Bonchev–Trinajstić information content (AvgIpc) is 3.50. The van der Waals surface area contributed by atoms with Crippen LogP contribution in [0.3, 0.4) is 0 Å². The number of benzene rings is 1. The number of aryl methyl sites for hydroxylation is 1. The van der Waals surface area contributed by atoms with Crippen molar-refractivity contribution in [1.82, 2.24) is 10.2 Å². The fourth-order valence-corrected chi connectivity index (χ4v) is 4.29. The molecule has 3 rings (SSSR count). The lowest BCUT2D eigenvalue weighted by atomic mass is 9.93. The first kappa shape index (κ1) is 21.4. The summed E-state index contributed by atoms with van der Waals surface area (Å²) < 4.78 is 26.0.